The molecule has 1 unspecified atom stereocenters. The zero-order chi connectivity index (χ0) is 14.1. The van der Waals surface area contributed by atoms with Crippen LogP contribution < -0.4 is 10.6 Å². The summed E-state index contributed by atoms with van der Waals surface area (Å²) in [5, 5.41) is 9.84. The van der Waals surface area contributed by atoms with E-state index in [-0.39, 0.29) is 18.5 Å². The summed E-state index contributed by atoms with van der Waals surface area (Å²) in [5.74, 6) is 1.02. The van der Waals surface area contributed by atoms with Gasteiger partial charge in [0.25, 0.3) is 0 Å². The summed E-state index contributed by atoms with van der Waals surface area (Å²) in [5.41, 5.74) is 2.00. The molecule has 1 atom stereocenters. The summed E-state index contributed by atoms with van der Waals surface area (Å²) in [7, 11) is 0. The Labute approximate surface area is 124 Å². The third-order valence-electron chi connectivity index (χ3n) is 3.18. The second-order valence-corrected chi connectivity index (χ2v) is 5.57. The zero-order valence-corrected chi connectivity index (χ0v) is 12.4. The molecule has 0 aliphatic carbocycles. The summed E-state index contributed by atoms with van der Waals surface area (Å²) < 4.78 is 6.31. The monoisotopic (exact) mass is 336 g/mol. The summed E-state index contributed by atoms with van der Waals surface area (Å²) in [4.78, 5) is 15.5. The van der Waals surface area contributed by atoms with E-state index in [1.165, 1.54) is 0 Å². The SMILES string of the molecule is Cc1cc(Br)ccc1-c1noc(C2CNC(=O)CN2)n1. The fourth-order valence-electron chi connectivity index (χ4n) is 2.11. The standard InChI is InChI=1S/C13H13BrN4O2/c1-7-4-8(14)2-3-9(7)12-17-13(20-18-12)10-5-16-11(19)6-15-10/h2-4,10,15H,5-6H2,1H3,(H,16,19). The Balaban J connectivity index is 1.84. The molecule has 7 heteroatoms. The number of nitrogens with one attached hydrogen (secondary N) is 2. The van der Waals surface area contributed by atoms with Crippen molar-refractivity contribution in [3.8, 4) is 11.4 Å². The van der Waals surface area contributed by atoms with Gasteiger partial charge in [0.2, 0.25) is 17.6 Å². The van der Waals surface area contributed by atoms with Gasteiger partial charge < -0.3 is 9.84 Å². The van der Waals surface area contributed by atoms with Crippen LogP contribution in [0.4, 0.5) is 0 Å². The van der Waals surface area contributed by atoms with E-state index in [1.54, 1.807) is 0 Å². The quantitative estimate of drug-likeness (QED) is 0.870. The lowest BCUT2D eigenvalue weighted by molar-refractivity contribution is -0.121. The lowest BCUT2D eigenvalue weighted by atomic mass is 10.1. The minimum Gasteiger partial charge on any atom is -0.353 e. The smallest absolute Gasteiger partial charge is 0.245 e. The molecule has 2 aromatic rings. The molecular weight excluding hydrogens is 324 g/mol. The Kier molecular flexibility index (Phi) is 3.54. The maximum Gasteiger partial charge on any atom is 0.245 e. The molecule has 3 rings (SSSR count). The molecule has 1 aliphatic heterocycles. The number of carbonyl (C=O) groups is 1. The van der Waals surface area contributed by atoms with E-state index in [9.17, 15) is 4.79 Å². The van der Waals surface area contributed by atoms with E-state index in [4.69, 9.17) is 4.52 Å². The number of amides is 1. The highest BCUT2D eigenvalue weighted by molar-refractivity contribution is 9.10. The number of halogens is 1. The largest absolute Gasteiger partial charge is 0.353 e. The molecule has 0 bridgehead atoms. The Hall–Kier alpha value is -1.73. The molecule has 1 aliphatic rings. The van der Waals surface area contributed by atoms with Crippen LogP contribution in [0.25, 0.3) is 11.4 Å². The molecule has 6 nitrogen and oxygen atoms in total. The van der Waals surface area contributed by atoms with E-state index in [0.29, 0.717) is 18.3 Å². The second-order valence-electron chi connectivity index (χ2n) is 4.65. The Morgan fingerprint density at radius 1 is 1.45 bits per heavy atom. The number of aryl methyl sites for hydroxylation is 1. The van der Waals surface area contributed by atoms with E-state index >= 15 is 0 Å². The minimum absolute atomic E-state index is 0.0234. The Morgan fingerprint density at radius 3 is 3.00 bits per heavy atom. The highest BCUT2D eigenvalue weighted by Gasteiger charge is 2.24. The van der Waals surface area contributed by atoms with Crippen molar-refractivity contribution in [1.82, 2.24) is 20.8 Å². The maximum absolute atomic E-state index is 11.1. The first-order valence-electron chi connectivity index (χ1n) is 6.23. The normalized spacial score (nSPS) is 18.9. The number of carbonyl (C=O) groups excluding carboxylic acids is 1. The molecule has 1 aromatic heterocycles. The van der Waals surface area contributed by atoms with Crippen LogP contribution in [0, 0.1) is 6.92 Å². The van der Waals surface area contributed by atoms with Crippen molar-refractivity contribution < 1.29 is 9.32 Å². The molecule has 2 N–H and O–H groups in total. The third kappa shape index (κ3) is 2.59. The average molecular weight is 337 g/mol. The van der Waals surface area contributed by atoms with Crippen LogP contribution in [0.2, 0.25) is 0 Å². The van der Waals surface area contributed by atoms with Crippen molar-refractivity contribution in [3.63, 3.8) is 0 Å². The highest BCUT2D eigenvalue weighted by atomic mass is 79.9. The van der Waals surface area contributed by atoms with Crippen LogP contribution in [-0.4, -0.2) is 29.1 Å². The van der Waals surface area contributed by atoms with Crippen molar-refractivity contribution in [3.05, 3.63) is 34.1 Å². The van der Waals surface area contributed by atoms with Gasteiger partial charge in [-0.25, -0.2) is 0 Å². The summed E-state index contributed by atoms with van der Waals surface area (Å²) >= 11 is 3.43. The van der Waals surface area contributed by atoms with Gasteiger partial charge in [-0.15, -0.1) is 0 Å². The van der Waals surface area contributed by atoms with Crippen molar-refractivity contribution in [1.29, 1.82) is 0 Å². The Morgan fingerprint density at radius 2 is 2.30 bits per heavy atom. The van der Waals surface area contributed by atoms with E-state index in [1.807, 2.05) is 25.1 Å². The second kappa shape index (κ2) is 5.34. The first-order chi connectivity index (χ1) is 9.63. The van der Waals surface area contributed by atoms with Crippen molar-refractivity contribution in [2.24, 2.45) is 0 Å². The van der Waals surface area contributed by atoms with Gasteiger partial charge in [0.1, 0.15) is 6.04 Å². The zero-order valence-electron chi connectivity index (χ0n) is 10.8. The first-order valence-corrected chi connectivity index (χ1v) is 7.03. The predicted octanol–water partition coefficient (Wildman–Crippen LogP) is 1.57. The minimum atomic E-state index is -0.135. The van der Waals surface area contributed by atoms with Crippen LogP contribution in [0.15, 0.2) is 27.2 Å². The van der Waals surface area contributed by atoms with Crippen molar-refractivity contribution >= 4 is 21.8 Å². The molecule has 104 valence electrons. The molecule has 20 heavy (non-hydrogen) atoms. The number of hydrogen-bond acceptors (Lipinski definition) is 5. The summed E-state index contributed by atoms with van der Waals surface area (Å²) in [6.07, 6.45) is 0. The molecule has 0 radical (unpaired) electrons. The van der Waals surface area contributed by atoms with Gasteiger partial charge in [-0.3, -0.25) is 10.1 Å². The number of hydrogen-bond donors (Lipinski definition) is 2. The molecule has 0 saturated carbocycles. The van der Waals surface area contributed by atoms with E-state index in [2.05, 4.69) is 36.7 Å². The summed E-state index contributed by atoms with van der Waals surface area (Å²) in [6, 6.07) is 5.76. The summed E-state index contributed by atoms with van der Waals surface area (Å²) in [6.45, 7) is 2.72. The van der Waals surface area contributed by atoms with E-state index in [0.717, 1.165) is 15.6 Å². The number of nitrogens with zero attached hydrogens (tertiary/aromatic N) is 2. The molecule has 1 amide bonds. The van der Waals surface area contributed by atoms with Crippen LogP contribution in [0.3, 0.4) is 0 Å². The van der Waals surface area contributed by atoms with Gasteiger partial charge >= 0.3 is 0 Å². The van der Waals surface area contributed by atoms with Crippen LogP contribution >= 0.6 is 15.9 Å². The van der Waals surface area contributed by atoms with Crippen LogP contribution in [-0.2, 0) is 4.79 Å². The van der Waals surface area contributed by atoms with Crippen LogP contribution in [0.1, 0.15) is 17.5 Å². The van der Waals surface area contributed by atoms with Crippen LogP contribution in [0.5, 0.6) is 0 Å². The number of aromatic nitrogens is 2. The van der Waals surface area contributed by atoms with E-state index < -0.39 is 0 Å². The van der Waals surface area contributed by atoms with Gasteiger partial charge in [-0.1, -0.05) is 21.1 Å². The topological polar surface area (TPSA) is 80.0 Å². The van der Waals surface area contributed by atoms with Gasteiger partial charge in [-0.05, 0) is 30.7 Å². The fraction of sp³-hybridized carbons (Fsp3) is 0.308. The van der Waals surface area contributed by atoms with Gasteiger partial charge in [0.15, 0.2) is 0 Å². The number of benzene rings is 1. The van der Waals surface area contributed by atoms with Gasteiger partial charge in [0.05, 0.1) is 6.54 Å². The lowest BCUT2D eigenvalue weighted by Crippen LogP contribution is -2.47. The molecular formula is C13H13BrN4O2. The first kappa shape index (κ1) is 13.3. The predicted molar refractivity (Wildman–Crippen MR) is 75.9 cm³/mol. The molecule has 1 saturated heterocycles. The number of rotatable bonds is 2. The number of piperazine rings is 1. The van der Waals surface area contributed by atoms with Gasteiger partial charge in [0, 0.05) is 16.6 Å². The molecule has 1 aromatic carbocycles. The maximum atomic E-state index is 11.1. The van der Waals surface area contributed by atoms with Crippen molar-refractivity contribution in [2.75, 3.05) is 13.1 Å². The molecule has 2 heterocycles. The average Bonchev–Trinajstić information content (AvgIpc) is 2.89. The van der Waals surface area contributed by atoms with Crippen molar-refractivity contribution in [2.45, 2.75) is 13.0 Å². The van der Waals surface area contributed by atoms with Gasteiger partial charge in [-0.2, -0.15) is 4.98 Å². The molecule has 1 fully saturated rings. The Bertz CT molecular complexity index is 646. The third-order valence-corrected chi connectivity index (χ3v) is 3.67. The lowest BCUT2D eigenvalue weighted by Gasteiger charge is -2.20. The fourth-order valence-corrected chi connectivity index (χ4v) is 2.58. The molecule has 0 spiro atoms. The highest BCUT2D eigenvalue weighted by Crippen LogP contribution is 2.25.